The van der Waals surface area contributed by atoms with Crippen molar-refractivity contribution < 1.29 is 29.1 Å². The molecule has 1 aliphatic carbocycles. The van der Waals surface area contributed by atoms with Crippen LogP contribution in [0.15, 0.2) is 89.5 Å². The number of amides is 2. The van der Waals surface area contributed by atoms with E-state index in [1.165, 1.54) is 4.90 Å². The van der Waals surface area contributed by atoms with Crippen molar-refractivity contribution >= 4 is 40.6 Å². The number of aliphatic hydroxyl groups is 1. The van der Waals surface area contributed by atoms with Gasteiger partial charge in [0.25, 0.3) is 0 Å². The van der Waals surface area contributed by atoms with Crippen LogP contribution in [0.2, 0.25) is 0 Å². The SMILES string of the molecule is Cc1ncsc1-c1ccc([C@H](C)NC(=O)[C@@H]2C[C@@H](O)CN2C(=O)[C@@H](c2cc(N3CCC(CN4CCC(O[C@H]5C[C@H](Cn6cnc(-c7cn8cc(-c9ccccc9O)nc8nc7N)c6)C5)CC4)CC3)no2)C(C)C)cc1. The molecule has 3 aliphatic heterocycles. The number of piperidine rings is 2. The molecule has 3 saturated heterocycles. The Hall–Kier alpha value is -6.67. The van der Waals surface area contributed by atoms with Crippen LogP contribution in [0.25, 0.3) is 38.7 Å². The Balaban J connectivity index is 0.606. The van der Waals surface area contributed by atoms with E-state index in [4.69, 9.17) is 15.0 Å². The highest BCUT2D eigenvalue weighted by Crippen LogP contribution is 2.37. The third kappa shape index (κ3) is 10.9. The molecule has 0 radical (unpaired) electrons. The standard InChI is InChI=1S/C56H68N12O6S/c1-33(2)51(55(72)68-27-40(69)23-47(68)54(71)60-34(3)38-9-11-39(12-10-38)52-35(4)59-32-75-52)49-24-50(63-74-49)66-19-13-36(14-20-66)25-64-17-15-41(16-18-64)73-42-21-37(22-42)26-65-29-45(58-31-65)44-28-67-30-46(61-56(67)62-53(44)57)43-7-5-6-8-48(43)70/h5-12,24,28-34,36-37,40-42,47,51,69-70H,13-23,25-27H2,1-4H3,(H,60,71)(H2,57,61,62)/t34-,37-,40+,42-,47-,51+/m0/s1. The van der Waals surface area contributed by atoms with Crippen LogP contribution in [-0.4, -0.2) is 130 Å². The minimum absolute atomic E-state index is 0.0859. The number of anilines is 2. The second-order valence-corrected chi connectivity index (χ2v) is 22.6. The van der Waals surface area contributed by atoms with Crippen molar-refractivity contribution in [2.45, 2.75) is 115 Å². The molecule has 19 heteroatoms. The molecular weight excluding hydrogens is 969 g/mol. The molecule has 7 aromatic rings. The summed E-state index contributed by atoms with van der Waals surface area (Å²) in [5.41, 5.74) is 14.0. The van der Waals surface area contributed by atoms with E-state index in [1.54, 1.807) is 23.5 Å². The minimum Gasteiger partial charge on any atom is -0.507 e. The zero-order chi connectivity index (χ0) is 51.9. The number of phenolic OH excluding ortho intramolecular Hbond substituents is 1. The summed E-state index contributed by atoms with van der Waals surface area (Å²) >= 11 is 1.60. The van der Waals surface area contributed by atoms with Gasteiger partial charge in [-0.2, -0.15) is 4.98 Å². The van der Waals surface area contributed by atoms with Crippen molar-refractivity contribution in [1.29, 1.82) is 0 Å². The Labute approximate surface area is 440 Å². The Morgan fingerprint density at radius 3 is 2.39 bits per heavy atom. The molecular formula is C56H68N12O6S. The summed E-state index contributed by atoms with van der Waals surface area (Å²) < 4.78 is 16.5. The first-order valence-corrected chi connectivity index (χ1v) is 27.5. The number of hydrogen-bond acceptors (Lipinski definition) is 15. The number of hydrogen-bond donors (Lipinski definition) is 4. The van der Waals surface area contributed by atoms with Gasteiger partial charge in [-0.25, -0.2) is 15.0 Å². The Morgan fingerprint density at radius 1 is 0.880 bits per heavy atom. The molecule has 8 heterocycles. The fraction of sp³-hybridized carbons (Fsp3) is 0.482. The molecule has 0 spiro atoms. The number of nitrogens with two attached hydrogens (primary N) is 1. The van der Waals surface area contributed by atoms with Gasteiger partial charge in [0, 0.05) is 82.5 Å². The molecule has 2 aromatic carbocycles. The van der Waals surface area contributed by atoms with Gasteiger partial charge in [-0.3, -0.25) is 14.0 Å². The number of nitrogen functional groups attached to an aromatic ring is 1. The Morgan fingerprint density at radius 2 is 1.65 bits per heavy atom. The van der Waals surface area contributed by atoms with Gasteiger partial charge in [0.1, 0.15) is 23.5 Å². The first-order chi connectivity index (χ1) is 36.3. The number of imidazole rings is 2. The molecule has 5 aromatic heterocycles. The molecule has 4 atom stereocenters. The number of aromatic hydroxyl groups is 1. The van der Waals surface area contributed by atoms with E-state index in [0.717, 1.165) is 117 Å². The maximum absolute atomic E-state index is 14.4. The van der Waals surface area contributed by atoms with Crippen LogP contribution in [0.5, 0.6) is 5.75 Å². The van der Waals surface area contributed by atoms with Crippen molar-refractivity contribution in [2.24, 2.45) is 17.8 Å². The molecule has 4 aliphatic rings. The van der Waals surface area contributed by atoms with Crippen LogP contribution < -0.4 is 16.0 Å². The number of carbonyl (C=O) groups excluding carboxylic acids is 2. The lowest BCUT2D eigenvalue weighted by Gasteiger charge is -2.41. The molecule has 1 saturated carbocycles. The second kappa shape index (κ2) is 21.5. The number of likely N-dealkylation sites (tertiary alicyclic amines) is 2. The highest BCUT2D eigenvalue weighted by Gasteiger charge is 2.44. The lowest BCUT2D eigenvalue weighted by atomic mass is 9.82. The average molecular weight is 1040 g/mol. The van der Waals surface area contributed by atoms with E-state index in [0.29, 0.717) is 52.7 Å². The van der Waals surface area contributed by atoms with E-state index < -0.39 is 18.1 Å². The van der Waals surface area contributed by atoms with Crippen molar-refractivity contribution in [3.8, 4) is 38.7 Å². The zero-order valence-electron chi connectivity index (χ0n) is 43.2. The molecule has 394 valence electrons. The third-order valence-corrected chi connectivity index (χ3v) is 17.0. The highest BCUT2D eigenvalue weighted by molar-refractivity contribution is 7.13. The van der Waals surface area contributed by atoms with Gasteiger partial charge in [0.15, 0.2) is 11.6 Å². The number of benzene rings is 2. The minimum atomic E-state index is -0.800. The summed E-state index contributed by atoms with van der Waals surface area (Å²) in [5, 5.41) is 28.7. The van der Waals surface area contributed by atoms with E-state index in [2.05, 4.69) is 44.8 Å². The van der Waals surface area contributed by atoms with Gasteiger partial charge in [0.05, 0.1) is 63.7 Å². The Bertz CT molecular complexity index is 3110. The molecule has 2 amide bonds. The average Bonchev–Trinajstić information content (AvgIpc) is 4.27. The Kier molecular flexibility index (Phi) is 14.5. The van der Waals surface area contributed by atoms with Gasteiger partial charge in [-0.1, -0.05) is 55.4 Å². The number of thiazole rings is 1. The van der Waals surface area contributed by atoms with Crippen molar-refractivity contribution in [3.05, 3.63) is 102 Å². The predicted octanol–water partition coefficient (Wildman–Crippen LogP) is 7.72. The van der Waals surface area contributed by atoms with Gasteiger partial charge in [-0.15, -0.1) is 11.3 Å². The molecule has 18 nitrogen and oxygen atoms in total. The molecule has 75 heavy (non-hydrogen) atoms. The number of carbonyl (C=O) groups is 2. The number of fused-ring (bicyclic) bond motifs is 1. The van der Waals surface area contributed by atoms with E-state index >= 15 is 0 Å². The summed E-state index contributed by atoms with van der Waals surface area (Å²) in [5.74, 6) is 2.02. The number of ether oxygens (including phenoxy) is 1. The topological polar surface area (TPSA) is 219 Å². The quantitative estimate of drug-likeness (QED) is 0.0729. The van der Waals surface area contributed by atoms with Gasteiger partial charge < -0.3 is 49.8 Å². The van der Waals surface area contributed by atoms with Crippen LogP contribution in [0.4, 0.5) is 11.6 Å². The summed E-state index contributed by atoms with van der Waals surface area (Å²) in [6, 6.07) is 16.0. The number of para-hydroxylation sites is 1. The molecule has 11 rings (SSSR count). The largest absolute Gasteiger partial charge is 0.507 e. The van der Waals surface area contributed by atoms with Crippen LogP contribution in [-0.2, 0) is 20.9 Å². The number of nitrogens with zero attached hydrogens (tertiary/aromatic N) is 10. The first-order valence-electron chi connectivity index (χ1n) is 26.6. The number of aryl methyl sites for hydroxylation is 1. The van der Waals surface area contributed by atoms with Gasteiger partial charge >= 0.3 is 0 Å². The maximum atomic E-state index is 14.4. The maximum Gasteiger partial charge on any atom is 0.243 e. The molecule has 5 N–H and O–H groups in total. The fourth-order valence-electron chi connectivity index (χ4n) is 11.7. The zero-order valence-corrected chi connectivity index (χ0v) is 44.0. The summed E-state index contributed by atoms with van der Waals surface area (Å²) in [6.45, 7) is 13.7. The van der Waals surface area contributed by atoms with E-state index in [9.17, 15) is 19.8 Å². The van der Waals surface area contributed by atoms with Crippen LogP contribution in [0.1, 0.15) is 94.7 Å². The normalized spacial score (nSPS) is 21.7. The molecule has 4 fully saturated rings. The molecule has 0 unspecified atom stereocenters. The number of aliphatic hydroxyl groups excluding tert-OH is 1. The summed E-state index contributed by atoms with van der Waals surface area (Å²) in [4.78, 5) is 53.9. The van der Waals surface area contributed by atoms with Crippen molar-refractivity contribution in [1.82, 2.24) is 49.2 Å². The van der Waals surface area contributed by atoms with Gasteiger partial charge in [-0.05, 0) is 93.4 Å². The van der Waals surface area contributed by atoms with Crippen LogP contribution in [0, 0.1) is 24.7 Å². The lowest BCUT2D eigenvalue weighted by molar-refractivity contribution is -0.141. The van der Waals surface area contributed by atoms with E-state index in [1.807, 2.05) is 105 Å². The number of rotatable bonds is 16. The summed E-state index contributed by atoms with van der Waals surface area (Å²) in [6.07, 6.45) is 13.9. The highest BCUT2D eigenvalue weighted by atomic mass is 32.1. The summed E-state index contributed by atoms with van der Waals surface area (Å²) in [7, 11) is 0. The van der Waals surface area contributed by atoms with E-state index in [-0.39, 0.29) is 42.5 Å². The second-order valence-electron chi connectivity index (χ2n) is 21.7. The number of β-amino-alcohol motifs (C(OH)–C–C–N with tert-alkyl or cyclic N) is 1. The van der Waals surface area contributed by atoms with Gasteiger partial charge in [0.2, 0.25) is 17.6 Å². The van der Waals surface area contributed by atoms with Crippen molar-refractivity contribution in [3.63, 3.8) is 0 Å². The third-order valence-electron chi connectivity index (χ3n) is 16.0. The first kappa shape index (κ1) is 50.5. The fourth-order valence-corrected chi connectivity index (χ4v) is 12.5. The van der Waals surface area contributed by atoms with Crippen LogP contribution >= 0.6 is 11.3 Å². The lowest BCUT2D eigenvalue weighted by Crippen LogP contribution is -2.48. The van der Waals surface area contributed by atoms with Crippen LogP contribution in [0.3, 0.4) is 0 Å². The predicted molar refractivity (Wildman–Crippen MR) is 287 cm³/mol. The van der Waals surface area contributed by atoms with Crippen molar-refractivity contribution in [2.75, 3.05) is 49.9 Å². The monoisotopic (exact) mass is 1040 g/mol. The number of phenols is 1. The number of aromatic nitrogens is 7. The smallest absolute Gasteiger partial charge is 0.243 e. The number of nitrogens with one attached hydrogen (secondary N) is 1. The molecule has 0 bridgehead atoms.